The minimum atomic E-state index is -4.63. The van der Waals surface area contributed by atoms with E-state index in [-0.39, 0.29) is 22.9 Å². The van der Waals surface area contributed by atoms with Crippen LogP contribution in [-0.2, 0) is 4.79 Å². The van der Waals surface area contributed by atoms with Gasteiger partial charge in [0.1, 0.15) is 0 Å². The number of benzene rings is 2. The monoisotopic (exact) mass is 347 g/mol. The molecule has 25 heavy (non-hydrogen) atoms. The lowest BCUT2D eigenvalue weighted by Gasteiger charge is -2.38. The molecule has 0 aromatic heterocycles. The molecule has 7 heteroatoms. The van der Waals surface area contributed by atoms with Gasteiger partial charge < -0.3 is 0 Å². The first-order valence-corrected chi connectivity index (χ1v) is 7.72. The van der Waals surface area contributed by atoms with Gasteiger partial charge in [-0.2, -0.15) is 23.4 Å². The van der Waals surface area contributed by atoms with Crippen molar-refractivity contribution in [1.82, 2.24) is 10.4 Å². The number of carbonyl (C=O) groups is 1. The van der Waals surface area contributed by atoms with Gasteiger partial charge in [-0.3, -0.25) is 10.2 Å². The Hall–Kier alpha value is -2.59. The predicted molar refractivity (Wildman–Crippen MR) is 86.1 cm³/mol. The molecular formula is C18H16F3N3O. The van der Waals surface area contributed by atoms with E-state index in [0.717, 1.165) is 5.01 Å². The molecule has 1 heterocycles. The summed E-state index contributed by atoms with van der Waals surface area (Å²) in [4.78, 5) is 11.7. The average Bonchev–Trinajstić information content (AvgIpc) is 2.78. The van der Waals surface area contributed by atoms with E-state index in [1.807, 2.05) is 6.07 Å². The number of hydrogen-bond donors (Lipinski definition) is 1. The van der Waals surface area contributed by atoms with E-state index >= 15 is 0 Å². The second-order valence-electron chi connectivity index (χ2n) is 6.70. The number of nitrogens with zero attached hydrogens (tertiary/aromatic N) is 2. The number of halogens is 3. The van der Waals surface area contributed by atoms with Gasteiger partial charge in [-0.15, -0.1) is 0 Å². The summed E-state index contributed by atoms with van der Waals surface area (Å²) in [5, 5.41) is 11.1. The Morgan fingerprint density at radius 3 is 2.40 bits per heavy atom. The van der Waals surface area contributed by atoms with Crippen LogP contribution >= 0.6 is 0 Å². The van der Waals surface area contributed by atoms with Crippen LogP contribution in [0.1, 0.15) is 37.4 Å². The standard InChI is InChI=1S/C18H16F3N3O/c1-17(2)9-14(25)23-24(17)16(18(19,20)21)13-8-4-6-11-5-3-7-12(10-22)15(11)13/h3-8,16H,9H2,1-2H3,(H,23,25). The van der Waals surface area contributed by atoms with Crippen LogP contribution in [0, 0.1) is 11.3 Å². The van der Waals surface area contributed by atoms with Crippen molar-refractivity contribution in [2.24, 2.45) is 0 Å². The highest BCUT2D eigenvalue weighted by atomic mass is 19.4. The molecule has 0 aliphatic carbocycles. The van der Waals surface area contributed by atoms with Crippen LogP contribution < -0.4 is 5.43 Å². The minimum Gasteiger partial charge on any atom is -0.287 e. The molecule has 2 aromatic rings. The summed E-state index contributed by atoms with van der Waals surface area (Å²) in [5.41, 5.74) is 1.46. The van der Waals surface area contributed by atoms with Crippen molar-refractivity contribution in [2.75, 3.05) is 0 Å². The van der Waals surface area contributed by atoms with Crippen molar-refractivity contribution in [3.8, 4) is 6.07 Å². The normalized spacial score (nSPS) is 18.8. The van der Waals surface area contributed by atoms with Crippen LogP contribution in [0.3, 0.4) is 0 Å². The molecule has 3 rings (SSSR count). The zero-order valence-electron chi connectivity index (χ0n) is 13.7. The first-order valence-electron chi connectivity index (χ1n) is 7.72. The summed E-state index contributed by atoms with van der Waals surface area (Å²) in [7, 11) is 0. The zero-order chi connectivity index (χ0) is 18.4. The molecule has 0 bridgehead atoms. The topological polar surface area (TPSA) is 56.1 Å². The van der Waals surface area contributed by atoms with Gasteiger partial charge >= 0.3 is 6.18 Å². The highest BCUT2D eigenvalue weighted by Crippen LogP contribution is 2.45. The van der Waals surface area contributed by atoms with Crippen molar-refractivity contribution in [3.05, 3.63) is 47.5 Å². The van der Waals surface area contributed by atoms with Crippen LogP contribution in [0.5, 0.6) is 0 Å². The molecule has 1 aliphatic rings. The molecule has 1 unspecified atom stereocenters. The predicted octanol–water partition coefficient (Wildman–Crippen LogP) is 3.83. The molecule has 0 spiro atoms. The fraction of sp³-hybridized carbons (Fsp3) is 0.333. The van der Waals surface area contributed by atoms with Gasteiger partial charge in [0.2, 0.25) is 5.91 Å². The molecule has 1 fully saturated rings. The van der Waals surface area contributed by atoms with Crippen molar-refractivity contribution < 1.29 is 18.0 Å². The lowest BCUT2D eigenvalue weighted by Crippen LogP contribution is -2.51. The molecule has 1 atom stereocenters. The fourth-order valence-corrected chi connectivity index (χ4v) is 3.37. The Morgan fingerprint density at radius 2 is 1.88 bits per heavy atom. The van der Waals surface area contributed by atoms with E-state index in [4.69, 9.17) is 0 Å². The van der Waals surface area contributed by atoms with Gasteiger partial charge in [-0.05, 0) is 30.9 Å². The van der Waals surface area contributed by atoms with E-state index in [2.05, 4.69) is 5.43 Å². The van der Waals surface area contributed by atoms with E-state index < -0.39 is 23.7 Å². The summed E-state index contributed by atoms with van der Waals surface area (Å²) < 4.78 is 42.0. The summed E-state index contributed by atoms with van der Waals surface area (Å²) in [6.07, 6.45) is -4.67. The van der Waals surface area contributed by atoms with E-state index in [1.54, 1.807) is 32.0 Å². The number of hydrazine groups is 1. The van der Waals surface area contributed by atoms with Crippen LogP contribution in [-0.4, -0.2) is 22.6 Å². The quantitative estimate of drug-likeness (QED) is 0.898. The number of alkyl halides is 3. The Labute approximate surface area is 142 Å². The molecule has 1 amide bonds. The van der Waals surface area contributed by atoms with Gasteiger partial charge in [0.15, 0.2) is 6.04 Å². The number of rotatable bonds is 2. The molecule has 2 aromatic carbocycles. The summed E-state index contributed by atoms with van der Waals surface area (Å²) in [6, 6.07) is 9.27. The third kappa shape index (κ3) is 2.94. The lowest BCUT2D eigenvalue weighted by molar-refractivity contribution is -0.203. The molecule has 4 nitrogen and oxygen atoms in total. The van der Waals surface area contributed by atoms with E-state index in [1.165, 1.54) is 18.2 Å². The highest BCUT2D eigenvalue weighted by Gasteiger charge is 2.53. The van der Waals surface area contributed by atoms with Gasteiger partial charge in [0.05, 0.1) is 11.6 Å². The fourth-order valence-electron chi connectivity index (χ4n) is 3.37. The maximum Gasteiger partial charge on any atom is 0.409 e. The van der Waals surface area contributed by atoms with Crippen molar-refractivity contribution in [2.45, 2.75) is 38.0 Å². The number of nitrogens with one attached hydrogen (secondary N) is 1. The highest BCUT2D eigenvalue weighted by molar-refractivity contribution is 5.91. The second-order valence-corrected chi connectivity index (χ2v) is 6.70. The number of nitriles is 1. The average molecular weight is 347 g/mol. The minimum absolute atomic E-state index is 0.0323. The lowest BCUT2D eigenvalue weighted by atomic mass is 9.92. The van der Waals surface area contributed by atoms with E-state index in [9.17, 15) is 23.2 Å². The van der Waals surface area contributed by atoms with Gasteiger partial charge in [-0.1, -0.05) is 30.3 Å². The molecule has 1 aliphatic heterocycles. The number of carbonyl (C=O) groups excluding carboxylic acids is 1. The Balaban J connectivity index is 2.28. The largest absolute Gasteiger partial charge is 0.409 e. The first-order chi connectivity index (χ1) is 11.6. The number of amides is 1. The maximum atomic E-state index is 14.0. The van der Waals surface area contributed by atoms with Crippen molar-refractivity contribution in [1.29, 1.82) is 5.26 Å². The zero-order valence-corrected chi connectivity index (χ0v) is 13.7. The third-order valence-electron chi connectivity index (χ3n) is 4.41. The van der Waals surface area contributed by atoms with Crippen LogP contribution in [0.15, 0.2) is 36.4 Å². The Kier molecular flexibility index (Phi) is 3.96. The van der Waals surface area contributed by atoms with Crippen molar-refractivity contribution in [3.63, 3.8) is 0 Å². The molecule has 1 N–H and O–H groups in total. The van der Waals surface area contributed by atoms with Crippen LogP contribution in [0.4, 0.5) is 13.2 Å². The second kappa shape index (κ2) is 5.74. The first kappa shape index (κ1) is 17.2. The molecular weight excluding hydrogens is 331 g/mol. The van der Waals surface area contributed by atoms with E-state index in [0.29, 0.717) is 5.39 Å². The van der Waals surface area contributed by atoms with Crippen LogP contribution in [0.25, 0.3) is 10.8 Å². The van der Waals surface area contributed by atoms with Gasteiger partial charge in [0.25, 0.3) is 0 Å². The molecule has 1 saturated heterocycles. The van der Waals surface area contributed by atoms with Crippen molar-refractivity contribution >= 4 is 16.7 Å². The third-order valence-corrected chi connectivity index (χ3v) is 4.41. The summed E-state index contributed by atoms with van der Waals surface area (Å²) in [5.74, 6) is -0.458. The maximum absolute atomic E-state index is 14.0. The SMILES string of the molecule is CC1(C)CC(=O)NN1C(c1cccc2cccc(C#N)c12)C(F)(F)F. The van der Waals surface area contributed by atoms with Crippen LogP contribution in [0.2, 0.25) is 0 Å². The Morgan fingerprint density at radius 1 is 1.24 bits per heavy atom. The number of hydrogen-bond acceptors (Lipinski definition) is 3. The molecule has 0 radical (unpaired) electrons. The Bertz CT molecular complexity index is 878. The summed E-state index contributed by atoms with van der Waals surface area (Å²) >= 11 is 0. The summed E-state index contributed by atoms with van der Waals surface area (Å²) in [6.45, 7) is 3.17. The van der Waals surface area contributed by atoms with Gasteiger partial charge in [0, 0.05) is 17.3 Å². The smallest absolute Gasteiger partial charge is 0.287 e. The molecule has 130 valence electrons. The number of fused-ring (bicyclic) bond motifs is 1. The van der Waals surface area contributed by atoms with Gasteiger partial charge in [-0.25, -0.2) is 0 Å². The molecule has 0 saturated carbocycles.